The molecule has 2 saturated heterocycles. The lowest BCUT2D eigenvalue weighted by Gasteiger charge is -2.32. The van der Waals surface area contributed by atoms with Crippen LogP contribution in [0.4, 0.5) is 10.6 Å². The fraction of sp³-hybridized carbons (Fsp3) is 0.682. The summed E-state index contributed by atoms with van der Waals surface area (Å²) >= 11 is 0. The topological polar surface area (TPSA) is 82.1 Å². The Kier molecular flexibility index (Phi) is 8.16. The number of hydrogen-bond acceptors (Lipinski definition) is 5. The summed E-state index contributed by atoms with van der Waals surface area (Å²) < 4.78 is 5.08. The van der Waals surface area contributed by atoms with Crippen LogP contribution in [-0.2, 0) is 11.3 Å². The van der Waals surface area contributed by atoms with E-state index in [0.717, 1.165) is 49.2 Å². The van der Waals surface area contributed by atoms with Crippen LogP contribution in [0.5, 0.6) is 0 Å². The normalized spacial score (nSPS) is 19.0. The van der Waals surface area contributed by atoms with Crippen molar-refractivity contribution in [2.24, 2.45) is 10.9 Å². The quantitative estimate of drug-likeness (QED) is 0.567. The Hall–Kier alpha value is -2.51. The van der Waals surface area contributed by atoms with Crippen LogP contribution >= 0.6 is 0 Å². The number of aliphatic imine (C=N–C) groups is 1. The van der Waals surface area contributed by atoms with Gasteiger partial charge in [-0.1, -0.05) is 13.0 Å². The highest BCUT2D eigenvalue weighted by molar-refractivity contribution is 5.80. The van der Waals surface area contributed by atoms with Crippen LogP contribution in [0.15, 0.2) is 23.3 Å². The second-order valence-corrected chi connectivity index (χ2v) is 8.22. The highest BCUT2D eigenvalue weighted by Crippen LogP contribution is 2.21. The van der Waals surface area contributed by atoms with Gasteiger partial charge in [0.15, 0.2) is 5.96 Å². The van der Waals surface area contributed by atoms with Crippen LogP contribution in [0.3, 0.4) is 0 Å². The smallest absolute Gasteiger partial charge is 0.409 e. The van der Waals surface area contributed by atoms with E-state index in [4.69, 9.17) is 4.74 Å². The largest absolute Gasteiger partial charge is 0.450 e. The van der Waals surface area contributed by atoms with Crippen molar-refractivity contribution in [3.63, 3.8) is 0 Å². The zero-order chi connectivity index (χ0) is 21.3. The molecule has 2 aliphatic heterocycles. The average molecular weight is 417 g/mol. The number of aromatic nitrogens is 1. The predicted molar refractivity (Wildman–Crippen MR) is 120 cm³/mol. The van der Waals surface area contributed by atoms with Crippen LogP contribution in [0.2, 0.25) is 0 Å². The summed E-state index contributed by atoms with van der Waals surface area (Å²) in [5.74, 6) is 2.67. The van der Waals surface area contributed by atoms with Gasteiger partial charge in [-0.25, -0.2) is 9.78 Å². The Bertz CT molecular complexity index is 692. The van der Waals surface area contributed by atoms with Gasteiger partial charge in [0, 0.05) is 52.0 Å². The zero-order valence-corrected chi connectivity index (χ0v) is 18.6. The summed E-state index contributed by atoms with van der Waals surface area (Å²) in [5.41, 5.74) is 1.13. The van der Waals surface area contributed by atoms with Crippen LogP contribution in [0, 0.1) is 5.92 Å². The number of anilines is 1. The number of guanidine groups is 1. The van der Waals surface area contributed by atoms with Crippen molar-refractivity contribution in [1.29, 1.82) is 0 Å². The van der Waals surface area contributed by atoms with Gasteiger partial charge in [0.2, 0.25) is 0 Å². The van der Waals surface area contributed by atoms with Gasteiger partial charge in [0.25, 0.3) is 0 Å². The molecule has 0 radical (unpaired) electrons. The molecule has 0 aliphatic carbocycles. The van der Waals surface area contributed by atoms with Crippen LogP contribution < -0.4 is 15.5 Å². The number of likely N-dealkylation sites (tertiary alicyclic amines) is 1. The third-order valence-electron chi connectivity index (χ3n) is 5.96. The molecule has 2 N–H and O–H groups in total. The number of hydrogen-bond donors (Lipinski definition) is 2. The van der Waals surface area contributed by atoms with E-state index in [1.165, 1.54) is 12.8 Å². The first-order valence-electron chi connectivity index (χ1n) is 11.2. The third-order valence-corrected chi connectivity index (χ3v) is 5.96. The zero-order valence-electron chi connectivity index (χ0n) is 18.6. The van der Waals surface area contributed by atoms with Crippen LogP contribution in [-0.4, -0.2) is 67.8 Å². The molecule has 3 heterocycles. The number of nitrogens with one attached hydrogen (secondary N) is 2. The van der Waals surface area contributed by atoms with Gasteiger partial charge in [-0.3, -0.25) is 4.99 Å². The first-order chi connectivity index (χ1) is 14.6. The van der Waals surface area contributed by atoms with Gasteiger partial charge in [0.1, 0.15) is 5.82 Å². The summed E-state index contributed by atoms with van der Waals surface area (Å²) in [7, 11) is 1.78. The fourth-order valence-corrected chi connectivity index (χ4v) is 3.94. The Balaban J connectivity index is 1.42. The number of pyridine rings is 1. The van der Waals surface area contributed by atoms with E-state index in [9.17, 15) is 4.79 Å². The van der Waals surface area contributed by atoms with E-state index >= 15 is 0 Å². The number of carbonyl (C=O) groups excluding carboxylic acids is 1. The maximum atomic E-state index is 11.8. The Labute approximate surface area is 180 Å². The molecule has 0 atom stereocenters. The molecule has 0 unspecified atom stereocenters. The number of carbonyl (C=O) groups is 1. The van der Waals surface area contributed by atoms with Gasteiger partial charge in [-0.05, 0) is 50.2 Å². The van der Waals surface area contributed by atoms with Crippen molar-refractivity contribution in [1.82, 2.24) is 20.5 Å². The van der Waals surface area contributed by atoms with E-state index in [1.807, 2.05) is 13.1 Å². The maximum Gasteiger partial charge on any atom is 0.409 e. The monoisotopic (exact) mass is 416 g/mol. The number of amides is 1. The van der Waals surface area contributed by atoms with Crippen molar-refractivity contribution >= 4 is 17.9 Å². The Morgan fingerprint density at radius 1 is 1.20 bits per heavy atom. The van der Waals surface area contributed by atoms with Gasteiger partial charge in [0.05, 0.1) is 6.61 Å². The van der Waals surface area contributed by atoms with Gasteiger partial charge in [-0.15, -0.1) is 0 Å². The Morgan fingerprint density at radius 2 is 1.93 bits per heavy atom. The van der Waals surface area contributed by atoms with E-state index in [0.29, 0.717) is 32.3 Å². The minimum Gasteiger partial charge on any atom is -0.450 e. The van der Waals surface area contributed by atoms with Crippen LogP contribution in [0.1, 0.15) is 45.1 Å². The molecular formula is C22H36N6O2. The standard InChI is InChI=1S/C22H36N6O2/c1-4-30-22(29)28-13-9-19(10-14-28)26-21(23-3)25-16-18-5-6-20(24-15-18)27-11-7-17(2)8-12-27/h5-6,15,17,19H,4,7-14,16H2,1-3H3,(H2,23,25,26). The molecule has 0 spiro atoms. The first kappa shape index (κ1) is 22.2. The number of ether oxygens (including phenoxy) is 1. The van der Waals surface area contributed by atoms with Gasteiger partial charge in [-0.2, -0.15) is 0 Å². The molecule has 8 nitrogen and oxygen atoms in total. The SMILES string of the molecule is CCOC(=O)N1CCC(NC(=NC)NCc2ccc(N3CCC(C)CC3)nc2)CC1. The molecular weight excluding hydrogens is 380 g/mol. The van der Waals surface area contributed by atoms with E-state index in [-0.39, 0.29) is 6.09 Å². The Morgan fingerprint density at radius 3 is 2.53 bits per heavy atom. The number of piperidine rings is 2. The number of rotatable bonds is 5. The lowest BCUT2D eigenvalue weighted by atomic mass is 9.99. The summed E-state index contributed by atoms with van der Waals surface area (Å²) in [6.45, 7) is 8.84. The molecule has 3 rings (SSSR count). The van der Waals surface area contributed by atoms with Crippen molar-refractivity contribution in [3.8, 4) is 0 Å². The highest BCUT2D eigenvalue weighted by Gasteiger charge is 2.24. The molecule has 1 amide bonds. The molecule has 2 fully saturated rings. The molecule has 0 saturated carbocycles. The van der Waals surface area contributed by atoms with Gasteiger partial charge < -0.3 is 25.2 Å². The second kappa shape index (κ2) is 11.0. The lowest BCUT2D eigenvalue weighted by molar-refractivity contribution is 0.0963. The summed E-state index contributed by atoms with van der Waals surface area (Å²) in [6.07, 6.45) is 5.98. The summed E-state index contributed by atoms with van der Waals surface area (Å²) in [5, 5.41) is 6.84. The molecule has 166 valence electrons. The molecule has 1 aromatic rings. The van der Waals surface area contributed by atoms with Crippen molar-refractivity contribution < 1.29 is 9.53 Å². The van der Waals surface area contributed by atoms with E-state index < -0.39 is 0 Å². The minimum absolute atomic E-state index is 0.214. The lowest BCUT2D eigenvalue weighted by Crippen LogP contribution is -2.49. The average Bonchev–Trinajstić information content (AvgIpc) is 2.78. The fourth-order valence-electron chi connectivity index (χ4n) is 3.94. The second-order valence-electron chi connectivity index (χ2n) is 8.22. The van der Waals surface area contributed by atoms with E-state index in [1.54, 1.807) is 11.9 Å². The maximum absolute atomic E-state index is 11.8. The third kappa shape index (κ3) is 6.24. The predicted octanol–water partition coefficient (Wildman–Crippen LogP) is 2.60. The minimum atomic E-state index is -0.214. The van der Waals surface area contributed by atoms with Crippen molar-refractivity contribution in [3.05, 3.63) is 23.9 Å². The van der Waals surface area contributed by atoms with Crippen LogP contribution in [0.25, 0.3) is 0 Å². The van der Waals surface area contributed by atoms with Crippen molar-refractivity contribution in [2.45, 2.75) is 52.1 Å². The molecule has 30 heavy (non-hydrogen) atoms. The molecule has 0 aromatic carbocycles. The highest BCUT2D eigenvalue weighted by atomic mass is 16.6. The molecule has 8 heteroatoms. The van der Waals surface area contributed by atoms with E-state index in [2.05, 4.69) is 44.6 Å². The summed E-state index contributed by atoms with van der Waals surface area (Å²) in [6, 6.07) is 4.55. The molecule has 0 bridgehead atoms. The molecule has 1 aromatic heterocycles. The summed E-state index contributed by atoms with van der Waals surface area (Å²) in [4.78, 5) is 25.0. The number of nitrogens with zero attached hydrogens (tertiary/aromatic N) is 4. The molecule has 2 aliphatic rings. The first-order valence-corrected chi connectivity index (χ1v) is 11.2. The van der Waals surface area contributed by atoms with Gasteiger partial charge >= 0.3 is 6.09 Å². The van der Waals surface area contributed by atoms with Crippen molar-refractivity contribution in [2.75, 3.05) is 44.7 Å².